The van der Waals surface area contributed by atoms with Gasteiger partial charge in [0.1, 0.15) is 0 Å². The topological polar surface area (TPSA) is 57.4 Å². The quantitative estimate of drug-likeness (QED) is 0.111. The summed E-state index contributed by atoms with van der Waals surface area (Å²) in [4.78, 5) is 16.0. The van der Waals surface area contributed by atoms with E-state index in [-0.39, 0.29) is 5.41 Å². The molecule has 3 aromatic heterocycles. The molecule has 0 unspecified atom stereocenters. The van der Waals surface area contributed by atoms with Gasteiger partial charge >= 0.3 is 0 Å². The van der Waals surface area contributed by atoms with Crippen molar-refractivity contribution >= 4 is 46.4 Å². The van der Waals surface area contributed by atoms with Gasteiger partial charge < -0.3 is 9.97 Å². The molecule has 5 heterocycles. The zero-order valence-electron chi connectivity index (χ0n) is 31.8. The molecule has 4 nitrogen and oxygen atoms in total. The highest BCUT2D eigenvalue weighted by molar-refractivity contribution is 5.81. The first-order valence-corrected chi connectivity index (χ1v) is 20.4. The molecule has 5 aromatic rings. The van der Waals surface area contributed by atoms with Gasteiger partial charge in [0.05, 0.1) is 22.8 Å². The summed E-state index contributed by atoms with van der Waals surface area (Å²) in [6.07, 6.45) is 27.3. The van der Waals surface area contributed by atoms with Gasteiger partial charge in [-0.15, -0.1) is 0 Å². The van der Waals surface area contributed by atoms with Gasteiger partial charge in [0.15, 0.2) is 0 Å². The third-order valence-corrected chi connectivity index (χ3v) is 11.1. The molecule has 0 amide bonds. The fourth-order valence-corrected chi connectivity index (χ4v) is 8.44. The van der Waals surface area contributed by atoms with E-state index in [1.54, 1.807) is 11.1 Å². The van der Waals surface area contributed by atoms with Crippen LogP contribution in [0.3, 0.4) is 0 Å². The van der Waals surface area contributed by atoms with Gasteiger partial charge in [0.2, 0.25) is 0 Å². The van der Waals surface area contributed by atoms with Gasteiger partial charge in [-0.05, 0) is 108 Å². The molecule has 0 spiro atoms. The monoisotopic (exact) mass is 700 g/mol. The minimum atomic E-state index is 0.253. The Morgan fingerprint density at radius 1 is 0.415 bits per heavy atom. The predicted octanol–water partition coefficient (Wildman–Crippen LogP) is 14.1. The molecule has 2 aromatic carbocycles. The Bertz CT molecular complexity index is 1960. The van der Waals surface area contributed by atoms with E-state index in [0.29, 0.717) is 0 Å². The number of hydrogen-bond donors (Lipinski definition) is 2. The van der Waals surface area contributed by atoms with Crippen LogP contribution in [-0.2, 0) is 5.41 Å². The minimum absolute atomic E-state index is 0.253. The summed E-state index contributed by atoms with van der Waals surface area (Å²) in [7, 11) is 0. The zero-order chi connectivity index (χ0) is 36.3. The number of aromatic nitrogens is 4. The van der Waals surface area contributed by atoms with E-state index in [0.717, 1.165) is 44.8 Å². The number of benzene rings is 2. The molecule has 1 aliphatic carbocycles. The van der Waals surface area contributed by atoms with Crippen LogP contribution in [0.15, 0.2) is 97.1 Å². The maximum absolute atomic E-state index is 4.63. The van der Waals surface area contributed by atoms with E-state index in [2.05, 4.69) is 107 Å². The van der Waals surface area contributed by atoms with Crippen molar-refractivity contribution in [2.45, 2.75) is 109 Å². The van der Waals surface area contributed by atoms with Gasteiger partial charge in [-0.25, -0.2) is 9.97 Å². The van der Waals surface area contributed by atoms with Gasteiger partial charge in [-0.2, -0.15) is 0 Å². The van der Waals surface area contributed by atoms with Gasteiger partial charge in [0, 0.05) is 27.5 Å². The van der Waals surface area contributed by atoms with Crippen molar-refractivity contribution in [3.8, 4) is 11.1 Å². The number of H-pyrrole nitrogens is 2. The maximum atomic E-state index is 4.63. The first kappa shape index (κ1) is 36.4. The summed E-state index contributed by atoms with van der Waals surface area (Å²) in [6.45, 7) is 4.61. The Labute approximate surface area is 316 Å². The number of nitrogens with one attached hydrogen (secondary N) is 2. The molecule has 3 aliphatic rings. The molecule has 0 radical (unpaired) electrons. The zero-order valence-corrected chi connectivity index (χ0v) is 31.8. The molecule has 272 valence electrons. The number of nitrogens with zero attached hydrogens (tertiary/aromatic N) is 2. The van der Waals surface area contributed by atoms with Crippen LogP contribution in [0.1, 0.15) is 138 Å². The van der Waals surface area contributed by atoms with Crippen molar-refractivity contribution in [1.82, 2.24) is 19.9 Å². The fraction of sp³-hybridized carbons (Fsp3) is 0.347. The molecular formula is C49H56N4. The van der Waals surface area contributed by atoms with Crippen LogP contribution in [0.4, 0.5) is 0 Å². The molecule has 4 heteroatoms. The summed E-state index contributed by atoms with van der Waals surface area (Å²) in [5.41, 5.74) is 14.3. The second kappa shape index (κ2) is 17.7. The van der Waals surface area contributed by atoms with E-state index in [1.165, 1.54) is 101 Å². The van der Waals surface area contributed by atoms with Crippen molar-refractivity contribution in [3.05, 3.63) is 131 Å². The largest absolute Gasteiger partial charge is 0.355 e. The molecule has 0 saturated carbocycles. The van der Waals surface area contributed by atoms with Crippen LogP contribution in [0, 0.1) is 0 Å². The summed E-state index contributed by atoms with van der Waals surface area (Å²) >= 11 is 0. The van der Waals surface area contributed by atoms with Crippen molar-refractivity contribution in [1.29, 1.82) is 0 Å². The summed E-state index contributed by atoms with van der Waals surface area (Å²) in [5, 5.41) is 0. The van der Waals surface area contributed by atoms with E-state index in [1.807, 2.05) is 48.6 Å². The first-order chi connectivity index (χ1) is 26.1. The number of unbranched alkanes of at least 4 members (excludes halogenated alkanes) is 10. The lowest BCUT2D eigenvalue weighted by molar-refractivity contribution is 0.398. The molecule has 0 atom stereocenters. The summed E-state index contributed by atoms with van der Waals surface area (Å²) < 4.78 is 0. The van der Waals surface area contributed by atoms with Crippen molar-refractivity contribution < 1.29 is 0 Å². The van der Waals surface area contributed by atoms with Gasteiger partial charge in [-0.1, -0.05) is 139 Å². The predicted molar refractivity (Wildman–Crippen MR) is 228 cm³/mol. The van der Waals surface area contributed by atoms with Gasteiger partial charge in [-0.3, -0.25) is 0 Å². The van der Waals surface area contributed by atoms with E-state index < -0.39 is 0 Å². The summed E-state index contributed by atoms with van der Waals surface area (Å²) in [6, 6.07) is 34.9. The Morgan fingerprint density at radius 3 is 1.13 bits per heavy atom. The smallest absolute Gasteiger partial charge is 0.0658 e. The lowest BCUT2D eigenvalue weighted by atomic mass is 9.70. The molecule has 53 heavy (non-hydrogen) atoms. The number of aromatic amines is 2. The minimum Gasteiger partial charge on any atom is -0.355 e. The van der Waals surface area contributed by atoms with Crippen LogP contribution in [0.25, 0.3) is 57.5 Å². The average Bonchev–Trinajstić information content (AvgIpc) is 4.03. The van der Waals surface area contributed by atoms with Crippen LogP contribution >= 0.6 is 0 Å². The third-order valence-electron chi connectivity index (χ3n) is 11.1. The third kappa shape index (κ3) is 8.99. The molecular weight excluding hydrogens is 645 g/mol. The Hall–Kier alpha value is -4.96. The molecule has 0 saturated heterocycles. The lowest BCUT2D eigenvalue weighted by Crippen LogP contribution is -2.25. The average molecular weight is 701 g/mol. The second-order valence-corrected chi connectivity index (χ2v) is 15.1. The normalized spacial score (nSPS) is 13.4. The van der Waals surface area contributed by atoms with Crippen molar-refractivity contribution in [2.24, 2.45) is 0 Å². The SMILES string of the molecule is C1=Cc2cc3ccc(cc4nc(cc5ccc(cc1n2)[nH]5)C=C4)[nH]3.CCCCCCCCC1(CCCCCCCC)c2ccccc2-c2ccccc21. The highest BCUT2D eigenvalue weighted by Gasteiger charge is 2.41. The van der Waals surface area contributed by atoms with Crippen LogP contribution in [-0.4, -0.2) is 19.9 Å². The molecule has 8 bridgehead atoms. The van der Waals surface area contributed by atoms with Crippen LogP contribution in [0.2, 0.25) is 0 Å². The maximum Gasteiger partial charge on any atom is 0.0658 e. The second-order valence-electron chi connectivity index (χ2n) is 15.1. The molecule has 2 N–H and O–H groups in total. The summed E-state index contributed by atoms with van der Waals surface area (Å²) in [5.74, 6) is 0. The number of rotatable bonds is 14. The molecule has 8 rings (SSSR count). The molecule has 0 fully saturated rings. The highest BCUT2D eigenvalue weighted by Crippen LogP contribution is 2.54. The van der Waals surface area contributed by atoms with E-state index in [4.69, 9.17) is 0 Å². The van der Waals surface area contributed by atoms with E-state index in [9.17, 15) is 0 Å². The Kier molecular flexibility index (Phi) is 12.2. The van der Waals surface area contributed by atoms with Crippen molar-refractivity contribution in [2.75, 3.05) is 0 Å². The van der Waals surface area contributed by atoms with Crippen molar-refractivity contribution in [3.63, 3.8) is 0 Å². The molecule has 2 aliphatic heterocycles. The fourth-order valence-electron chi connectivity index (χ4n) is 8.44. The number of hydrogen-bond acceptors (Lipinski definition) is 2. The standard InChI is InChI=1S/C29H42.C20H14N4/c1-3-5-7-9-11-17-23-29(24-18-12-10-8-6-4-2)27-21-15-13-19-25(27)26-20-14-16-22-28(26)29;1-2-14-10-16-5-6-18(23-16)12-20-8-7-19(24-20)11-17-4-3-15(22-17)9-13(1)21-14/h13-16,19-22H,3-12,17-18,23-24H2,1-2H3;1-12,21,24H. The Morgan fingerprint density at radius 2 is 0.755 bits per heavy atom. The Balaban J connectivity index is 0.000000166. The van der Waals surface area contributed by atoms with Gasteiger partial charge in [0.25, 0.3) is 0 Å². The highest BCUT2D eigenvalue weighted by atomic mass is 14.8. The first-order valence-electron chi connectivity index (χ1n) is 20.4. The number of fused-ring (bicyclic) bond motifs is 11. The van der Waals surface area contributed by atoms with Crippen LogP contribution in [0.5, 0.6) is 0 Å². The van der Waals surface area contributed by atoms with E-state index >= 15 is 0 Å². The lowest BCUT2D eigenvalue weighted by Gasteiger charge is -2.33. The van der Waals surface area contributed by atoms with Crippen LogP contribution < -0.4 is 0 Å².